The first-order valence-electron chi connectivity index (χ1n) is 6.99. The summed E-state index contributed by atoms with van der Waals surface area (Å²) in [4.78, 5) is 0. The highest BCUT2D eigenvalue weighted by molar-refractivity contribution is 6.33. The van der Waals surface area contributed by atoms with E-state index in [0.717, 1.165) is 11.1 Å². The van der Waals surface area contributed by atoms with Crippen molar-refractivity contribution in [3.63, 3.8) is 0 Å². The second kappa shape index (κ2) is 6.71. The Hall–Kier alpha value is -2.53. The Labute approximate surface area is 138 Å². The minimum absolute atomic E-state index is 0.408. The van der Waals surface area contributed by atoms with Gasteiger partial charge in [-0.25, -0.2) is 0 Å². The van der Waals surface area contributed by atoms with Gasteiger partial charge in [0.05, 0.1) is 31.2 Å². The molecule has 3 rings (SSSR count). The number of methoxy groups -OCH3 is 2. The topological polar surface area (TPSA) is 57.4 Å². The zero-order valence-electron chi connectivity index (χ0n) is 12.7. The molecule has 0 unspecified atom stereocenters. The number of rotatable bonds is 5. The molecule has 0 N–H and O–H groups in total. The van der Waals surface area contributed by atoms with Gasteiger partial charge in [0.25, 0.3) is 0 Å². The molecule has 3 aromatic rings. The molecule has 0 saturated carbocycles. The number of benzene rings is 2. The fourth-order valence-electron chi connectivity index (χ4n) is 2.23. The quantitative estimate of drug-likeness (QED) is 0.707. The summed E-state index contributed by atoms with van der Waals surface area (Å²) in [5, 5.41) is 8.72. The Morgan fingerprint density at radius 1 is 1.00 bits per heavy atom. The van der Waals surface area contributed by atoms with Gasteiger partial charge in [0.15, 0.2) is 11.5 Å². The molecule has 0 spiro atoms. The first kappa shape index (κ1) is 15.4. The van der Waals surface area contributed by atoms with E-state index in [0.29, 0.717) is 34.7 Å². The molecule has 6 heteroatoms. The number of nitrogens with zero attached hydrogens (tertiary/aromatic N) is 2. The second-order valence-corrected chi connectivity index (χ2v) is 5.25. The van der Waals surface area contributed by atoms with Crippen molar-refractivity contribution in [3.8, 4) is 23.0 Å². The summed E-state index contributed by atoms with van der Waals surface area (Å²) < 4.78 is 16.2. The predicted molar refractivity (Wildman–Crippen MR) is 87.1 cm³/mol. The third-order valence-corrected chi connectivity index (χ3v) is 3.70. The van der Waals surface area contributed by atoms with Crippen LogP contribution in [0.1, 0.15) is 11.5 Å². The maximum atomic E-state index is 6.14. The summed E-state index contributed by atoms with van der Waals surface area (Å²) in [7, 11) is 3.20. The minimum atomic E-state index is 0.408. The molecule has 2 aromatic carbocycles. The fourth-order valence-corrected chi connectivity index (χ4v) is 2.45. The molecule has 0 aliphatic heterocycles. The molecule has 118 valence electrons. The summed E-state index contributed by atoms with van der Waals surface area (Å²) in [6.07, 6.45) is 0.498. The molecule has 1 heterocycles. The molecule has 0 fully saturated rings. The van der Waals surface area contributed by atoms with E-state index in [2.05, 4.69) is 10.2 Å². The van der Waals surface area contributed by atoms with E-state index in [1.807, 2.05) is 36.4 Å². The Balaban J connectivity index is 1.83. The van der Waals surface area contributed by atoms with Crippen molar-refractivity contribution >= 4 is 11.6 Å². The van der Waals surface area contributed by atoms with Gasteiger partial charge >= 0.3 is 0 Å². The van der Waals surface area contributed by atoms with Gasteiger partial charge in [0, 0.05) is 0 Å². The van der Waals surface area contributed by atoms with E-state index in [1.165, 1.54) is 0 Å². The van der Waals surface area contributed by atoms with Crippen LogP contribution in [0.3, 0.4) is 0 Å². The molecular formula is C17H15ClN2O3. The minimum Gasteiger partial charge on any atom is -0.493 e. The van der Waals surface area contributed by atoms with Crippen molar-refractivity contribution in [2.75, 3.05) is 14.2 Å². The van der Waals surface area contributed by atoms with Gasteiger partial charge < -0.3 is 13.9 Å². The van der Waals surface area contributed by atoms with E-state index in [-0.39, 0.29) is 0 Å². The summed E-state index contributed by atoms with van der Waals surface area (Å²) >= 11 is 6.14. The zero-order valence-corrected chi connectivity index (χ0v) is 13.5. The molecule has 1 aromatic heterocycles. The normalized spacial score (nSPS) is 10.6. The Kier molecular flexibility index (Phi) is 4.48. The highest BCUT2D eigenvalue weighted by Crippen LogP contribution is 2.29. The largest absolute Gasteiger partial charge is 0.493 e. The standard InChI is InChI=1S/C17H15ClN2O3/c1-21-14-8-7-11(9-15(14)22-2)10-16-19-20-17(23-16)12-5-3-4-6-13(12)18/h3-9H,10H2,1-2H3. The van der Waals surface area contributed by atoms with Gasteiger partial charge in [-0.05, 0) is 29.8 Å². The fraction of sp³-hybridized carbons (Fsp3) is 0.176. The van der Waals surface area contributed by atoms with Crippen LogP contribution in [0.15, 0.2) is 46.9 Å². The lowest BCUT2D eigenvalue weighted by molar-refractivity contribution is 0.354. The van der Waals surface area contributed by atoms with E-state index in [1.54, 1.807) is 20.3 Å². The smallest absolute Gasteiger partial charge is 0.249 e. The second-order valence-electron chi connectivity index (χ2n) is 4.85. The summed E-state index contributed by atoms with van der Waals surface area (Å²) in [6.45, 7) is 0. The van der Waals surface area contributed by atoms with Crippen molar-refractivity contribution in [2.24, 2.45) is 0 Å². The Morgan fingerprint density at radius 2 is 1.78 bits per heavy atom. The molecule has 0 radical (unpaired) electrons. The lowest BCUT2D eigenvalue weighted by Crippen LogP contribution is -1.94. The Morgan fingerprint density at radius 3 is 2.52 bits per heavy atom. The molecule has 0 atom stereocenters. The van der Waals surface area contributed by atoms with Crippen molar-refractivity contribution in [2.45, 2.75) is 6.42 Å². The van der Waals surface area contributed by atoms with Crippen LogP contribution in [-0.4, -0.2) is 24.4 Å². The lowest BCUT2D eigenvalue weighted by Gasteiger charge is -2.08. The molecule has 5 nitrogen and oxygen atoms in total. The summed E-state index contributed by atoms with van der Waals surface area (Å²) in [5.74, 6) is 2.26. The third kappa shape index (κ3) is 3.29. The number of hydrogen-bond acceptors (Lipinski definition) is 5. The maximum absolute atomic E-state index is 6.14. The summed E-state index contributed by atoms with van der Waals surface area (Å²) in [5.41, 5.74) is 1.71. The maximum Gasteiger partial charge on any atom is 0.249 e. The molecule has 23 heavy (non-hydrogen) atoms. The Bertz CT molecular complexity index is 817. The van der Waals surface area contributed by atoms with E-state index in [9.17, 15) is 0 Å². The van der Waals surface area contributed by atoms with E-state index >= 15 is 0 Å². The van der Waals surface area contributed by atoms with Crippen LogP contribution in [0.4, 0.5) is 0 Å². The summed E-state index contributed by atoms with van der Waals surface area (Å²) in [6, 6.07) is 13.0. The number of hydrogen-bond donors (Lipinski definition) is 0. The van der Waals surface area contributed by atoms with Crippen molar-refractivity contribution in [3.05, 3.63) is 58.9 Å². The molecular weight excluding hydrogens is 316 g/mol. The van der Waals surface area contributed by atoms with Crippen LogP contribution in [-0.2, 0) is 6.42 Å². The van der Waals surface area contributed by atoms with Crippen LogP contribution in [0.5, 0.6) is 11.5 Å². The van der Waals surface area contributed by atoms with Crippen LogP contribution < -0.4 is 9.47 Å². The highest BCUT2D eigenvalue weighted by Gasteiger charge is 2.13. The number of ether oxygens (including phenoxy) is 2. The lowest BCUT2D eigenvalue weighted by atomic mass is 10.1. The predicted octanol–water partition coefficient (Wildman–Crippen LogP) is 4.00. The first-order chi connectivity index (χ1) is 11.2. The van der Waals surface area contributed by atoms with Gasteiger partial charge in [0.1, 0.15) is 0 Å². The van der Waals surface area contributed by atoms with Gasteiger partial charge in [-0.2, -0.15) is 0 Å². The van der Waals surface area contributed by atoms with Crippen LogP contribution in [0, 0.1) is 0 Å². The number of aromatic nitrogens is 2. The SMILES string of the molecule is COc1ccc(Cc2nnc(-c3ccccc3Cl)o2)cc1OC. The zero-order chi connectivity index (χ0) is 16.2. The monoisotopic (exact) mass is 330 g/mol. The third-order valence-electron chi connectivity index (χ3n) is 3.37. The molecule has 0 amide bonds. The highest BCUT2D eigenvalue weighted by atomic mass is 35.5. The van der Waals surface area contributed by atoms with Gasteiger partial charge in [-0.1, -0.05) is 29.8 Å². The van der Waals surface area contributed by atoms with Gasteiger partial charge in [-0.15, -0.1) is 10.2 Å². The first-order valence-corrected chi connectivity index (χ1v) is 7.37. The van der Waals surface area contributed by atoms with E-state index in [4.69, 9.17) is 25.5 Å². The van der Waals surface area contributed by atoms with Crippen molar-refractivity contribution in [1.29, 1.82) is 0 Å². The van der Waals surface area contributed by atoms with Crippen molar-refractivity contribution < 1.29 is 13.9 Å². The van der Waals surface area contributed by atoms with Crippen molar-refractivity contribution in [1.82, 2.24) is 10.2 Å². The van der Waals surface area contributed by atoms with Gasteiger partial charge in [-0.3, -0.25) is 0 Å². The average molecular weight is 331 g/mol. The van der Waals surface area contributed by atoms with Crippen LogP contribution >= 0.6 is 11.6 Å². The van der Waals surface area contributed by atoms with Crippen LogP contribution in [0.2, 0.25) is 5.02 Å². The van der Waals surface area contributed by atoms with Crippen LogP contribution in [0.25, 0.3) is 11.5 Å². The molecule has 0 aliphatic rings. The van der Waals surface area contributed by atoms with E-state index < -0.39 is 0 Å². The molecule has 0 bridgehead atoms. The van der Waals surface area contributed by atoms with Gasteiger partial charge in [0.2, 0.25) is 11.8 Å². The molecule has 0 saturated heterocycles. The average Bonchev–Trinajstić information content (AvgIpc) is 3.03. The molecule has 0 aliphatic carbocycles. The number of halogens is 1.